The molecule has 0 atom stereocenters. The Labute approximate surface area is 129 Å². The predicted molar refractivity (Wildman–Crippen MR) is 88.6 cm³/mol. The quantitative estimate of drug-likeness (QED) is 0.763. The van der Waals surface area contributed by atoms with Gasteiger partial charge in [-0.05, 0) is 44.4 Å². The summed E-state index contributed by atoms with van der Waals surface area (Å²) in [6, 6.07) is 0.358. The van der Waals surface area contributed by atoms with E-state index in [0.29, 0.717) is 23.9 Å². The SMILES string of the molecule is CCC1CCC(N(C)C(=O)C(CC)(CC)C(N)=S)CC1. The van der Waals surface area contributed by atoms with E-state index in [1.54, 1.807) is 0 Å². The second-order valence-corrected chi connectivity index (χ2v) is 6.59. The lowest BCUT2D eigenvalue weighted by atomic mass is 9.79. The summed E-state index contributed by atoms with van der Waals surface area (Å²) >= 11 is 5.19. The minimum absolute atomic E-state index is 0.120. The molecule has 0 aliphatic heterocycles. The number of rotatable bonds is 6. The molecule has 0 heterocycles. The van der Waals surface area contributed by atoms with Gasteiger partial charge in [-0.2, -0.15) is 0 Å². The van der Waals surface area contributed by atoms with Crippen molar-refractivity contribution >= 4 is 23.1 Å². The smallest absolute Gasteiger partial charge is 0.235 e. The minimum Gasteiger partial charge on any atom is -0.392 e. The number of thiocarbonyl (C=S) groups is 1. The predicted octanol–water partition coefficient (Wildman–Crippen LogP) is 3.51. The highest BCUT2D eigenvalue weighted by molar-refractivity contribution is 7.80. The summed E-state index contributed by atoms with van der Waals surface area (Å²) in [5.41, 5.74) is 5.24. The van der Waals surface area contributed by atoms with Gasteiger partial charge in [-0.1, -0.05) is 39.4 Å². The Morgan fingerprint density at radius 1 is 1.20 bits per heavy atom. The summed E-state index contributed by atoms with van der Waals surface area (Å²) in [4.78, 5) is 15.2. The summed E-state index contributed by atoms with van der Waals surface area (Å²) in [5.74, 6) is 0.961. The lowest BCUT2D eigenvalue weighted by molar-refractivity contribution is -0.140. The van der Waals surface area contributed by atoms with Crippen LogP contribution < -0.4 is 5.73 Å². The van der Waals surface area contributed by atoms with Crippen molar-refractivity contribution in [2.45, 2.75) is 71.8 Å². The second kappa shape index (κ2) is 7.39. The molecule has 1 aliphatic rings. The largest absolute Gasteiger partial charge is 0.392 e. The van der Waals surface area contributed by atoms with Crippen LogP contribution in [0.2, 0.25) is 0 Å². The molecule has 2 N–H and O–H groups in total. The molecule has 0 unspecified atom stereocenters. The van der Waals surface area contributed by atoms with E-state index in [1.165, 1.54) is 19.3 Å². The second-order valence-electron chi connectivity index (χ2n) is 6.15. The van der Waals surface area contributed by atoms with E-state index in [9.17, 15) is 4.79 Å². The summed E-state index contributed by atoms with van der Waals surface area (Å²) < 4.78 is 0. The van der Waals surface area contributed by atoms with Crippen LogP contribution in [0.5, 0.6) is 0 Å². The molecule has 0 saturated heterocycles. The molecule has 0 spiro atoms. The zero-order chi connectivity index (χ0) is 15.3. The molecule has 3 nitrogen and oxygen atoms in total. The number of nitrogens with two attached hydrogens (primary N) is 1. The van der Waals surface area contributed by atoms with E-state index in [0.717, 1.165) is 18.8 Å². The minimum atomic E-state index is -0.647. The molecule has 1 fully saturated rings. The van der Waals surface area contributed by atoms with Crippen LogP contribution in [0.25, 0.3) is 0 Å². The number of amides is 1. The molecule has 1 amide bonds. The molecule has 0 aromatic carbocycles. The molecule has 0 aromatic rings. The number of hydrogen-bond acceptors (Lipinski definition) is 2. The van der Waals surface area contributed by atoms with Crippen molar-refractivity contribution in [3.8, 4) is 0 Å². The van der Waals surface area contributed by atoms with E-state index < -0.39 is 5.41 Å². The van der Waals surface area contributed by atoms with Crippen LogP contribution in [0, 0.1) is 11.3 Å². The number of carbonyl (C=O) groups is 1. The number of hydrogen-bond donors (Lipinski definition) is 1. The first-order chi connectivity index (χ1) is 9.42. The Morgan fingerprint density at radius 2 is 1.70 bits per heavy atom. The molecule has 0 bridgehead atoms. The van der Waals surface area contributed by atoms with Gasteiger partial charge in [0.15, 0.2) is 0 Å². The van der Waals surface area contributed by atoms with Crippen LogP contribution in [0.4, 0.5) is 0 Å². The van der Waals surface area contributed by atoms with Gasteiger partial charge < -0.3 is 10.6 Å². The Kier molecular flexibility index (Phi) is 6.44. The third kappa shape index (κ3) is 3.33. The lowest BCUT2D eigenvalue weighted by Gasteiger charge is -2.40. The van der Waals surface area contributed by atoms with Crippen LogP contribution >= 0.6 is 12.2 Å². The third-order valence-corrected chi connectivity index (χ3v) is 5.74. The molecule has 20 heavy (non-hydrogen) atoms. The zero-order valence-electron chi connectivity index (χ0n) is 13.4. The maximum atomic E-state index is 12.9. The van der Waals surface area contributed by atoms with Crippen molar-refractivity contribution in [3.63, 3.8) is 0 Å². The van der Waals surface area contributed by atoms with Crippen LogP contribution in [0.15, 0.2) is 0 Å². The maximum Gasteiger partial charge on any atom is 0.235 e. The number of nitrogens with zero attached hydrogens (tertiary/aromatic N) is 1. The molecular formula is C16H30N2OS. The van der Waals surface area contributed by atoms with Crippen LogP contribution in [-0.4, -0.2) is 28.9 Å². The monoisotopic (exact) mass is 298 g/mol. The van der Waals surface area contributed by atoms with Gasteiger partial charge in [0.2, 0.25) is 5.91 Å². The van der Waals surface area contributed by atoms with E-state index in [-0.39, 0.29) is 5.91 Å². The van der Waals surface area contributed by atoms with Crippen LogP contribution in [0.3, 0.4) is 0 Å². The van der Waals surface area contributed by atoms with Crippen molar-refractivity contribution in [2.75, 3.05) is 7.05 Å². The summed E-state index contributed by atoms with van der Waals surface area (Å²) in [6.07, 6.45) is 7.32. The van der Waals surface area contributed by atoms with Gasteiger partial charge in [0.05, 0.1) is 10.4 Å². The topological polar surface area (TPSA) is 46.3 Å². The maximum absolute atomic E-state index is 12.9. The Hall–Kier alpha value is -0.640. The van der Waals surface area contributed by atoms with Crippen LogP contribution in [0.1, 0.15) is 65.7 Å². The molecule has 4 heteroatoms. The Bertz CT molecular complexity index is 344. The summed E-state index contributed by atoms with van der Waals surface area (Å²) in [6.45, 7) is 6.26. The van der Waals surface area contributed by atoms with E-state index in [1.807, 2.05) is 25.8 Å². The highest BCUT2D eigenvalue weighted by Crippen LogP contribution is 2.34. The average molecular weight is 298 g/mol. The van der Waals surface area contributed by atoms with Crippen molar-refractivity contribution in [1.29, 1.82) is 0 Å². The molecule has 1 saturated carbocycles. The summed E-state index contributed by atoms with van der Waals surface area (Å²) in [7, 11) is 1.93. The van der Waals surface area contributed by atoms with Crippen molar-refractivity contribution in [2.24, 2.45) is 17.1 Å². The van der Waals surface area contributed by atoms with Gasteiger partial charge in [0.25, 0.3) is 0 Å². The number of carbonyl (C=O) groups excluding carboxylic acids is 1. The first kappa shape index (κ1) is 17.4. The average Bonchev–Trinajstić information content (AvgIpc) is 2.48. The van der Waals surface area contributed by atoms with Gasteiger partial charge in [0, 0.05) is 13.1 Å². The standard InChI is InChI=1S/C16H30N2OS/c1-5-12-8-10-13(11-9-12)18(4)15(19)16(6-2,7-3)14(17)20/h12-13H,5-11H2,1-4H3,(H2,17,20). The fourth-order valence-electron chi connectivity index (χ4n) is 3.45. The Morgan fingerprint density at radius 3 is 2.05 bits per heavy atom. The highest BCUT2D eigenvalue weighted by Gasteiger charge is 2.42. The summed E-state index contributed by atoms with van der Waals surface area (Å²) in [5, 5.41) is 0. The van der Waals surface area contributed by atoms with Gasteiger partial charge in [0.1, 0.15) is 0 Å². The van der Waals surface area contributed by atoms with Gasteiger partial charge in [-0.3, -0.25) is 4.79 Å². The van der Waals surface area contributed by atoms with Gasteiger partial charge in [-0.15, -0.1) is 0 Å². The van der Waals surface area contributed by atoms with Crippen molar-refractivity contribution < 1.29 is 4.79 Å². The van der Waals surface area contributed by atoms with Gasteiger partial charge >= 0.3 is 0 Å². The van der Waals surface area contributed by atoms with Crippen LogP contribution in [-0.2, 0) is 4.79 Å². The molecule has 0 radical (unpaired) electrons. The van der Waals surface area contributed by atoms with Crippen molar-refractivity contribution in [1.82, 2.24) is 4.90 Å². The Balaban J connectivity index is 2.78. The molecule has 0 aromatic heterocycles. The van der Waals surface area contributed by atoms with E-state index >= 15 is 0 Å². The fourth-order valence-corrected chi connectivity index (χ4v) is 3.83. The van der Waals surface area contributed by atoms with E-state index in [4.69, 9.17) is 18.0 Å². The normalized spacial score (nSPS) is 23.4. The first-order valence-corrected chi connectivity index (χ1v) is 8.40. The fraction of sp³-hybridized carbons (Fsp3) is 0.875. The zero-order valence-corrected chi connectivity index (χ0v) is 14.3. The lowest BCUT2D eigenvalue weighted by Crippen LogP contribution is -2.52. The van der Waals surface area contributed by atoms with Gasteiger partial charge in [-0.25, -0.2) is 0 Å². The molecule has 1 aliphatic carbocycles. The molecule has 1 rings (SSSR count). The molecule has 116 valence electrons. The highest BCUT2D eigenvalue weighted by atomic mass is 32.1. The molecular weight excluding hydrogens is 268 g/mol. The van der Waals surface area contributed by atoms with E-state index in [2.05, 4.69) is 6.92 Å². The van der Waals surface area contributed by atoms with Crippen molar-refractivity contribution in [3.05, 3.63) is 0 Å². The first-order valence-electron chi connectivity index (χ1n) is 8.00. The third-order valence-electron chi connectivity index (χ3n) is 5.35.